The summed E-state index contributed by atoms with van der Waals surface area (Å²) in [6.45, 7) is 1.38. The minimum Gasteiger partial charge on any atom is -0.478 e. The van der Waals surface area contributed by atoms with Gasteiger partial charge in [0, 0.05) is 22.6 Å². The molecule has 0 radical (unpaired) electrons. The first-order chi connectivity index (χ1) is 14.8. The molecule has 0 bridgehead atoms. The van der Waals surface area contributed by atoms with Gasteiger partial charge in [0.2, 0.25) is 0 Å². The smallest absolute Gasteiger partial charge is 0.343 e. The van der Waals surface area contributed by atoms with E-state index in [-0.39, 0.29) is 24.2 Å². The Labute approximate surface area is 176 Å². The van der Waals surface area contributed by atoms with E-state index < -0.39 is 29.1 Å². The molecule has 0 amide bonds. The number of benzene rings is 1. The minimum absolute atomic E-state index is 0.0437. The van der Waals surface area contributed by atoms with Crippen LogP contribution in [0.25, 0.3) is 22.3 Å². The summed E-state index contributed by atoms with van der Waals surface area (Å²) in [6.07, 6.45) is 2.47. The Morgan fingerprint density at radius 2 is 2.10 bits per heavy atom. The first kappa shape index (κ1) is 19.2. The Morgan fingerprint density at radius 1 is 1.32 bits per heavy atom. The van der Waals surface area contributed by atoms with Gasteiger partial charge in [-0.1, -0.05) is 25.1 Å². The zero-order chi connectivity index (χ0) is 21.9. The van der Waals surface area contributed by atoms with E-state index in [1.54, 1.807) is 13.0 Å². The van der Waals surface area contributed by atoms with Crippen LogP contribution in [0.4, 0.5) is 0 Å². The van der Waals surface area contributed by atoms with Crippen LogP contribution in [0.15, 0.2) is 53.3 Å². The third kappa shape index (κ3) is 2.65. The van der Waals surface area contributed by atoms with Crippen LogP contribution >= 0.6 is 0 Å². The number of carboxylic acids is 1. The van der Waals surface area contributed by atoms with E-state index in [9.17, 15) is 19.5 Å². The normalized spacial score (nSPS) is 21.6. The quantitative estimate of drug-likeness (QED) is 0.495. The number of ether oxygens (including phenoxy) is 1. The number of fused-ring (bicyclic) bond motifs is 5. The van der Waals surface area contributed by atoms with E-state index in [4.69, 9.17) is 14.8 Å². The first-order valence-electron chi connectivity index (χ1n) is 9.85. The molecule has 0 saturated heterocycles. The number of cyclic esters (lactones) is 1. The molecule has 2 atom stereocenters. The van der Waals surface area contributed by atoms with Gasteiger partial charge in [0.05, 0.1) is 28.5 Å². The predicted molar refractivity (Wildman–Crippen MR) is 110 cm³/mol. The Bertz CT molecular complexity index is 1370. The van der Waals surface area contributed by atoms with Gasteiger partial charge in [-0.3, -0.25) is 9.36 Å². The highest BCUT2D eigenvalue weighted by molar-refractivity contribution is 5.87. The molecular formula is C23H18N2O6. The number of carbonyl (C=O) groups is 2. The van der Waals surface area contributed by atoms with Crippen molar-refractivity contribution >= 4 is 22.8 Å². The van der Waals surface area contributed by atoms with Crippen LogP contribution in [0.5, 0.6) is 0 Å². The van der Waals surface area contributed by atoms with E-state index >= 15 is 0 Å². The number of allylic oxidation sites excluding steroid dienone is 1. The number of carboxylic acid groups (broad SMARTS) is 1. The third-order valence-electron chi connectivity index (χ3n) is 6.00. The fourth-order valence-electron chi connectivity index (χ4n) is 4.40. The van der Waals surface area contributed by atoms with Crippen LogP contribution < -0.4 is 5.56 Å². The van der Waals surface area contributed by atoms with Crippen molar-refractivity contribution in [3.8, 4) is 11.4 Å². The maximum Gasteiger partial charge on any atom is 0.343 e. The topological polar surface area (TPSA) is 119 Å². The molecule has 3 aromatic rings. The highest BCUT2D eigenvalue weighted by atomic mass is 16.6. The zero-order valence-electron chi connectivity index (χ0n) is 16.5. The Kier molecular flexibility index (Phi) is 4.10. The van der Waals surface area contributed by atoms with Crippen molar-refractivity contribution in [3.63, 3.8) is 0 Å². The van der Waals surface area contributed by atoms with Gasteiger partial charge in [-0.05, 0) is 30.7 Å². The summed E-state index contributed by atoms with van der Waals surface area (Å²) in [5.74, 6) is -1.93. The number of aliphatic hydroxyl groups is 1. The van der Waals surface area contributed by atoms with Gasteiger partial charge in [0.15, 0.2) is 5.60 Å². The van der Waals surface area contributed by atoms with Crippen molar-refractivity contribution in [1.29, 1.82) is 0 Å². The second-order valence-electron chi connectivity index (χ2n) is 7.65. The molecule has 2 aliphatic heterocycles. The molecular weight excluding hydrogens is 400 g/mol. The summed E-state index contributed by atoms with van der Waals surface area (Å²) >= 11 is 0. The van der Waals surface area contributed by atoms with Gasteiger partial charge < -0.3 is 14.9 Å². The molecule has 31 heavy (non-hydrogen) atoms. The standard InChI is InChI=1S/C23H18N2O6/c1-2-23(30)15-10-18-20-13(9-12-5-3-4-6-16(12)24-20)17(7-8-19(26)27)25(18)21(28)14(15)11-31-22(23)29/h3-10,17,30H,2,11H2,1H3,(H,26,27)/b8-7+/t17?,23-/m0/s1. The lowest BCUT2D eigenvalue weighted by molar-refractivity contribution is -0.172. The van der Waals surface area contributed by atoms with Crippen LogP contribution in [0.1, 0.15) is 36.1 Å². The van der Waals surface area contributed by atoms with Crippen molar-refractivity contribution < 1.29 is 24.5 Å². The number of nitrogens with zero attached hydrogens (tertiary/aromatic N) is 2. The second-order valence-corrected chi connectivity index (χ2v) is 7.65. The molecule has 2 N–H and O–H groups in total. The van der Waals surface area contributed by atoms with Crippen molar-refractivity contribution in [2.24, 2.45) is 0 Å². The van der Waals surface area contributed by atoms with Crippen LogP contribution in [-0.2, 0) is 26.5 Å². The Balaban J connectivity index is 1.86. The first-order valence-corrected chi connectivity index (χ1v) is 9.85. The van der Waals surface area contributed by atoms with Crippen molar-refractivity contribution in [1.82, 2.24) is 9.55 Å². The maximum atomic E-state index is 13.5. The van der Waals surface area contributed by atoms with Crippen LogP contribution in [0.3, 0.4) is 0 Å². The van der Waals surface area contributed by atoms with Gasteiger partial charge >= 0.3 is 11.9 Å². The van der Waals surface area contributed by atoms with E-state index in [2.05, 4.69) is 0 Å². The highest BCUT2D eigenvalue weighted by Gasteiger charge is 2.46. The molecule has 5 rings (SSSR count). The molecule has 1 unspecified atom stereocenters. The Hall–Kier alpha value is -3.78. The number of hydrogen-bond acceptors (Lipinski definition) is 6. The second kappa shape index (κ2) is 6.61. The summed E-state index contributed by atoms with van der Waals surface area (Å²) in [6, 6.07) is 10.3. The molecule has 8 heteroatoms. The van der Waals surface area contributed by atoms with Gasteiger partial charge in [-0.2, -0.15) is 0 Å². The number of para-hydroxylation sites is 1. The van der Waals surface area contributed by atoms with Crippen molar-refractivity contribution in [2.45, 2.75) is 31.6 Å². The third-order valence-corrected chi connectivity index (χ3v) is 6.00. The lowest BCUT2D eigenvalue weighted by Gasteiger charge is -2.32. The molecule has 0 aliphatic carbocycles. The van der Waals surface area contributed by atoms with E-state index in [1.807, 2.05) is 30.3 Å². The highest BCUT2D eigenvalue weighted by Crippen LogP contribution is 2.43. The Morgan fingerprint density at radius 3 is 2.84 bits per heavy atom. The zero-order valence-corrected chi connectivity index (χ0v) is 16.5. The molecule has 0 fully saturated rings. The average molecular weight is 418 g/mol. The largest absolute Gasteiger partial charge is 0.478 e. The monoisotopic (exact) mass is 418 g/mol. The van der Waals surface area contributed by atoms with Crippen LogP contribution in [0, 0.1) is 0 Å². The van der Waals surface area contributed by atoms with E-state index in [0.717, 1.165) is 11.5 Å². The number of esters is 1. The van der Waals surface area contributed by atoms with Crippen LogP contribution in [-0.4, -0.2) is 31.7 Å². The average Bonchev–Trinajstić information content (AvgIpc) is 3.06. The number of rotatable bonds is 3. The summed E-state index contributed by atoms with van der Waals surface area (Å²) in [5, 5.41) is 21.0. The van der Waals surface area contributed by atoms with Crippen LogP contribution in [0.2, 0.25) is 0 Å². The lowest BCUT2D eigenvalue weighted by atomic mass is 9.86. The molecule has 0 spiro atoms. The fourth-order valence-corrected chi connectivity index (χ4v) is 4.40. The number of aromatic nitrogens is 2. The number of pyridine rings is 2. The lowest BCUT2D eigenvalue weighted by Crippen LogP contribution is -2.44. The van der Waals surface area contributed by atoms with Crippen molar-refractivity contribution in [3.05, 3.63) is 75.6 Å². The van der Waals surface area contributed by atoms with Crippen molar-refractivity contribution in [2.75, 3.05) is 0 Å². The number of carbonyl (C=O) groups excluding carboxylic acids is 1. The number of aliphatic carboxylic acids is 1. The fraction of sp³-hybridized carbons (Fsp3) is 0.217. The molecule has 1 aromatic carbocycles. The molecule has 156 valence electrons. The summed E-state index contributed by atoms with van der Waals surface area (Å²) in [7, 11) is 0. The summed E-state index contributed by atoms with van der Waals surface area (Å²) in [5.41, 5.74) is 0.337. The molecule has 0 saturated carbocycles. The van der Waals surface area contributed by atoms with E-state index in [1.165, 1.54) is 10.6 Å². The SMILES string of the molecule is CC[C@@]1(O)C(=O)OCc2c1cc1n(c2=O)C(/C=C/C(=O)O)c2cc3ccccc3nc2-1. The summed E-state index contributed by atoms with van der Waals surface area (Å²) in [4.78, 5) is 41.7. The van der Waals surface area contributed by atoms with E-state index in [0.29, 0.717) is 22.5 Å². The molecule has 4 heterocycles. The van der Waals surface area contributed by atoms with Gasteiger partial charge in [0.25, 0.3) is 5.56 Å². The number of hydrogen-bond donors (Lipinski definition) is 2. The minimum atomic E-state index is -1.92. The maximum absolute atomic E-state index is 13.5. The summed E-state index contributed by atoms with van der Waals surface area (Å²) < 4.78 is 6.54. The predicted octanol–water partition coefficient (Wildman–Crippen LogP) is 2.26. The molecule has 2 aliphatic rings. The van der Waals surface area contributed by atoms with Gasteiger partial charge in [-0.15, -0.1) is 0 Å². The van der Waals surface area contributed by atoms with Gasteiger partial charge in [-0.25, -0.2) is 14.6 Å². The molecule has 2 aromatic heterocycles. The molecule has 8 nitrogen and oxygen atoms in total. The van der Waals surface area contributed by atoms with Gasteiger partial charge in [0.1, 0.15) is 6.61 Å².